The molecule has 0 aliphatic heterocycles. The molecule has 1 aromatic carbocycles. The van der Waals surface area contributed by atoms with Crippen LogP contribution < -0.4 is 0 Å². The number of Topliss-reactive ketones (excluding diaryl/α,β-unsaturated/α-hetero) is 1. The molecule has 31 heavy (non-hydrogen) atoms. The van der Waals surface area contributed by atoms with Crippen molar-refractivity contribution >= 4 is 27.3 Å². The third kappa shape index (κ3) is 4.15. The van der Waals surface area contributed by atoms with Crippen molar-refractivity contribution in [1.29, 1.82) is 5.26 Å². The fraction of sp³-hybridized carbons (Fsp3) is 0.423. The van der Waals surface area contributed by atoms with Gasteiger partial charge in [-0.1, -0.05) is 12.1 Å². The van der Waals surface area contributed by atoms with E-state index < -0.39 is 11.7 Å². The second-order valence-electron chi connectivity index (χ2n) is 9.29. The van der Waals surface area contributed by atoms with E-state index in [2.05, 4.69) is 6.07 Å². The SMILES string of the molecule is CC(=O)C(OC(C)(C)C)c1c(C)nc2sc3c(c2c1-c1ccc(C#N)cc1)CCCC3. The second-order valence-corrected chi connectivity index (χ2v) is 10.4. The zero-order chi connectivity index (χ0) is 22.3. The van der Waals surface area contributed by atoms with Crippen LogP contribution in [0.2, 0.25) is 0 Å². The number of rotatable bonds is 4. The topological polar surface area (TPSA) is 63.0 Å². The highest BCUT2D eigenvalue weighted by molar-refractivity contribution is 7.19. The van der Waals surface area contributed by atoms with Crippen LogP contribution in [-0.4, -0.2) is 16.4 Å². The molecule has 0 fully saturated rings. The summed E-state index contributed by atoms with van der Waals surface area (Å²) in [5.74, 6) is -0.0295. The predicted molar refractivity (Wildman–Crippen MR) is 125 cm³/mol. The Balaban J connectivity index is 2.08. The molecule has 0 saturated carbocycles. The lowest BCUT2D eigenvalue weighted by molar-refractivity contribution is -0.138. The maximum Gasteiger partial charge on any atom is 0.163 e. The van der Waals surface area contributed by atoms with Crippen LogP contribution in [0.4, 0.5) is 0 Å². The Kier molecular flexibility index (Phi) is 5.72. The Hall–Kier alpha value is -2.55. The van der Waals surface area contributed by atoms with Crippen molar-refractivity contribution < 1.29 is 9.53 Å². The van der Waals surface area contributed by atoms with Crippen molar-refractivity contribution in [2.45, 2.75) is 72.0 Å². The highest BCUT2D eigenvalue weighted by Gasteiger charge is 2.32. The average Bonchev–Trinajstić information content (AvgIpc) is 3.08. The molecule has 0 bridgehead atoms. The minimum absolute atomic E-state index is 0.0295. The van der Waals surface area contributed by atoms with E-state index in [1.165, 1.54) is 23.3 Å². The number of fused-ring (bicyclic) bond motifs is 3. The first-order valence-electron chi connectivity index (χ1n) is 10.8. The second kappa shape index (κ2) is 8.18. The summed E-state index contributed by atoms with van der Waals surface area (Å²) in [5, 5.41) is 10.4. The van der Waals surface area contributed by atoms with Crippen molar-refractivity contribution in [1.82, 2.24) is 4.98 Å². The summed E-state index contributed by atoms with van der Waals surface area (Å²) in [6.45, 7) is 9.47. The highest BCUT2D eigenvalue weighted by atomic mass is 32.1. The third-order valence-corrected chi connectivity index (χ3v) is 6.92. The van der Waals surface area contributed by atoms with Crippen molar-refractivity contribution in [2.75, 3.05) is 0 Å². The molecule has 1 unspecified atom stereocenters. The molecule has 1 aliphatic carbocycles. The van der Waals surface area contributed by atoms with Gasteiger partial charge in [-0.15, -0.1) is 11.3 Å². The fourth-order valence-electron chi connectivity index (χ4n) is 4.45. The molecule has 4 nitrogen and oxygen atoms in total. The Morgan fingerprint density at radius 2 is 1.87 bits per heavy atom. The van der Waals surface area contributed by atoms with Crippen LogP contribution in [0.1, 0.15) is 73.9 Å². The van der Waals surface area contributed by atoms with E-state index in [0.29, 0.717) is 5.56 Å². The first-order valence-corrected chi connectivity index (χ1v) is 11.6. The number of hydrogen-bond donors (Lipinski definition) is 0. The third-order valence-electron chi connectivity index (χ3n) is 5.74. The summed E-state index contributed by atoms with van der Waals surface area (Å²) in [7, 11) is 0. The van der Waals surface area contributed by atoms with Gasteiger partial charge in [-0.2, -0.15) is 5.26 Å². The van der Waals surface area contributed by atoms with E-state index in [4.69, 9.17) is 9.72 Å². The number of hydrogen-bond acceptors (Lipinski definition) is 5. The smallest absolute Gasteiger partial charge is 0.163 e. The van der Waals surface area contributed by atoms with E-state index in [-0.39, 0.29) is 5.78 Å². The van der Waals surface area contributed by atoms with E-state index in [1.807, 2.05) is 52.0 Å². The van der Waals surface area contributed by atoms with Crippen LogP contribution in [0.5, 0.6) is 0 Å². The van der Waals surface area contributed by atoms with Gasteiger partial charge >= 0.3 is 0 Å². The Labute approximate surface area is 187 Å². The lowest BCUT2D eigenvalue weighted by Crippen LogP contribution is -2.27. The summed E-state index contributed by atoms with van der Waals surface area (Å²) in [4.78, 5) is 20.2. The van der Waals surface area contributed by atoms with Gasteiger partial charge in [0.1, 0.15) is 10.9 Å². The number of pyridine rings is 1. The first-order chi connectivity index (χ1) is 14.7. The van der Waals surface area contributed by atoms with Crippen molar-refractivity contribution in [3.8, 4) is 17.2 Å². The molecule has 1 aliphatic rings. The van der Waals surface area contributed by atoms with E-state index >= 15 is 0 Å². The van der Waals surface area contributed by atoms with Gasteiger partial charge in [0.2, 0.25) is 0 Å². The number of nitriles is 1. The lowest BCUT2D eigenvalue weighted by Gasteiger charge is -2.29. The Bertz CT molecular complexity index is 1190. The van der Waals surface area contributed by atoms with Gasteiger partial charge in [0.25, 0.3) is 0 Å². The molecule has 1 atom stereocenters. The number of ether oxygens (including phenoxy) is 1. The average molecular weight is 433 g/mol. The quantitative estimate of drug-likeness (QED) is 0.474. The number of carbonyl (C=O) groups excluding carboxylic acids is 1. The monoisotopic (exact) mass is 432 g/mol. The van der Waals surface area contributed by atoms with Crippen LogP contribution in [0, 0.1) is 18.3 Å². The summed E-state index contributed by atoms with van der Waals surface area (Å²) in [6.07, 6.45) is 3.81. The maximum atomic E-state index is 12.8. The first kappa shape index (κ1) is 21.7. The summed E-state index contributed by atoms with van der Waals surface area (Å²) < 4.78 is 6.30. The fourth-order valence-corrected chi connectivity index (χ4v) is 5.76. The largest absolute Gasteiger partial charge is 0.360 e. The van der Waals surface area contributed by atoms with Gasteiger partial charge < -0.3 is 4.74 Å². The van der Waals surface area contributed by atoms with Crippen LogP contribution in [0.3, 0.4) is 0 Å². The minimum Gasteiger partial charge on any atom is -0.360 e. The molecule has 3 aromatic rings. The number of thiophene rings is 1. The molecule has 5 heteroatoms. The normalized spacial score (nSPS) is 14.8. The van der Waals surface area contributed by atoms with Crippen LogP contribution in [0.15, 0.2) is 24.3 Å². The molecule has 0 saturated heterocycles. The van der Waals surface area contributed by atoms with Crippen LogP contribution >= 0.6 is 11.3 Å². The molecular formula is C26H28N2O2S. The van der Waals surface area contributed by atoms with Crippen LogP contribution in [0.25, 0.3) is 21.3 Å². The predicted octanol–water partition coefficient (Wildman–Crippen LogP) is 6.47. The van der Waals surface area contributed by atoms with E-state index in [9.17, 15) is 10.1 Å². The standard InChI is InChI=1S/C26H28N2O2S/c1-15-21(24(16(2)29)30-26(3,4)5)22(18-12-10-17(14-27)11-13-18)23-19-8-6-7-9-20(19)31-25(23)28-15/h10-13,24H,6-9H2,1-5H3. The number of aromatic nitrogens is 1. The molecule has 0 spiro atoms. The maximum absolute atomic E-state index is 12.8. The molecule has 0 amide bonds. The minimum atomic E-state index is -0.693. The van der Waals surface area contributed by atoms with E-state index in [0.717, 1.165) is 45.4 Å². The van der Waals surface area contributed by atoms with Crippen molar-refractivity contribution in [2.24, 2.45) is 0 Å². The highest BCUT2D eigenvalue weighted by Crippen LogP contribution is 2.45. The summed E-state index contributed by atoms with van der Waals surface area (Å²) >= 11 is 1.78. The van der Waals surface area contributed by atoms with Gasteiger partial charge in [0, 0.05) is 27.1 Å². The molecule has 0 radical (unpaired) electrons. The Morgan fingerprint density at radius 3 is 2.48 bits per heavy atom. The number of ketones is 1. The lowest BCUT2D eigenvalue weighted by atomic mass is 9.87. The number of carbonyl (C=O) groups is 1. The number of aryl methyl sites for hydroxylation is 3. The van der Waals surface area contributed by atoms with Gasteiger partial charge in [-0.25, -0.2) is 4.98 Å². The van der Waals surface area contributed by atoms with Crippen molar-refractivity contribution in [3.05, 3.63) is 51.5 Å². The van der Waals surface area contributed by atoms with Crippen molar-refractivity contribution in [3.63, 3.8) is 0 Å². The molecular weight excluding hydrogens is 404 g/mol. The summed E-state index contributed by atoms with van der Waals surface area (Å²) in [5.41, 5.74) is 5.23. The molecule has 4 rings (SSSR count). The summed E-state index contributed by atoms with van der Waals surface area (Å²) in [6, 6.07) is 9.84. The van der Waals surface area contributed by atoms with Gasteiger partial charge in [-0.3, -0.25) is 4.79 Å². The van der Waals surface area contributed by atoms with Gasteiger partial charge in [0.05, 0.1) is 17.2 Å². The van der Waals surface area contributed by atoms with Gasteiger partial charge in [-0.05, 0) is 83.6 Å². The van der Waals surface area contributed by atoms with Gasteiger partial charge in [0.15, 0.2) is 5.78 Å². The number of benzene rings is 1. The van der Waals surface area contributed by atoms with Crippen LogP contribution in [-0.2, 0) is 22.4 Å². The zero-order valence-corrected chi connectivity index (χ0v) is 19.7. The molecule has 160 valence electrons. The molecule has 0 N–H and O–H groups in total. The number of nitrogens with zero attached hydrogens (tertiary/aromatic N) is 2. The van der Waals surface area contributed by atoms with E-state index in [1.54, 1.807) is 18.3 Å². The molecule has 2 heterocycles. The zero-order valence-electron chi connectivity index (χ0n) is 18.8. The Morgan fingerprint density at radius 1 is 1.19 bits per heavy atom. The molecule has 2 aromatic heterocycles.